The van der Waals surface area contributed by atoms with Gasteiger partial charge in [0.2, 0.25) is 5.91 Å². The first-order chi connectivity index (χ1) is 8.63. The van der Waals surface area contributed by atoms with E-state index in [-0.39, 0.29) is 11.9 Å². The van der Waals surface area contributed by atoms with Crippen LogP contribution in [0.4, 0.5) is 5.82 Å². The van der Waals surface area contributed by atoms with E-state index in [9.17, 15) is 4.79 Å². The zero-order valence-corrected chi connectivity index (χ0v) is 11.5. The third kappa shape index (κ3) is 2.43. The van der Waals surface area contributed by atoms with E-state index in [1.54, 1.807) is 23.3 Å². The van der Waals surface area contributed by atoms with Gasteiger partial charge in [-0.15, -0.1) is 11.3 Å². The van der Waals surface area contributed by atoms with E-state index in [4.69, 9.17) is 0 Å². The maximum Gasteiger partial charge on any atom is 0.244 e. The fourth-order valence-corrected chi connectivity index (χ4v) is 2.44. The Kier molecular flexibility index (Phi) is 3.76. The molecule has 0 aliphatic carbocycles. The SMILES string of the molecule is CCN(C)C(=O)C(C)Nc1ncnc2ccsc12. The number of thiophene rings is 1. The second kappa shape index (κ2) is 5.30. The van der Waals surface area contributed by atoms with Crippen LogP contribution in [0.3, 0.4) is 0 Å². The van der Waals surface area contributed by atoms with Crippen LogP contribution in [0.25, 0.3) is 10.2 Å². The molecule has 18 heavy (non-hydrogen) atoms. The number of anilines is 1. The van der Waals surface area contributed by atoms with Crippen molar-refractivity contribution < 1.29 is 4.79 Å². The molecule has 1 N–H and O–H groups in total. The zero-order chi connectivity index (χ0) is 13.1. The van der Waals surface area contributed by atoms with E-state index in [1.165, 1.54) is 6.33 Å². The number of likely N-dealkylation sites (N-methyl/N-ethyl adjacent to an activating group) is 1. The van der Waals surface area contributed by atoms with Crippen LogP contribution in [-0.2, 0) is 4.79 Å². The number of nitrogens with zero attached hydrogens (tertiary/aromatic N) is 3. The van der Waals surface area contributed by atoms with Crippen molar-refractivity contribution in [1.82, 2.24) is 14.9 Å². The molecule has 5 nitrogen and oxygen atoms in total. The molecule has 1 amide bonds. The van der Waals surface area contributed by atoms with Crippen molar-refractivity contribution in [2.45, 2.75) is 19.9 Å². The molecule has 2 aromatic heterocycles. The third-order valence-corrected chi connectivity index (χ3v) is 3.73. The first-order valence-electron chi connectivity index (χ1n) is 5.83. The number of carbonyl (C=O) groups is 1. The summed E-state index contributed by atoms with van der Waals surface area (Å²) in [5.41, 5.74) is 0.904. The highest BCUT2D eigenvalue weighted by Crippen LogP contribution is 2.25. The number of carbonyl (C=O) groups excluding carboxylic acids is 1. The number of rotatable bonds is 4. The molecule has 6 heteroatoms. The molecule has 0 bridgehead atoms. The van der Waals surface area contributed by atoms with Crippen LogP contribution in [0.15, 0.2) is 17.8 Å². The monoisotopic (exact) mass is 264 g/mol. The first-order valence-corrected chi connectivity index (χ1v) is 6.71. The van der Waals surface area contributed by atoms with Gasteiger partial charge in [-0.2, -0.15) is 0 Å². The maximum atomic E-state index is 12.0. The van der Waals surface area contributed by atoms with Crippen LogP contribution in [0.5, 0.6) is 0 Å². The Bertz CT molecular complexity index is 554. The number of hydrogen-bond donors (Lipinski definition) is 1. The Hall–Kier alpha value is -1.69. The lowest BCUT2D eigenvalue weighted by atomic mass is 10.3. The second-order valence-corrected chi connectivity index (χ2v) is 4.99. The average molecular weight is 264 g/mol. The summed E-state index contributed by atoms with van der Waals surface area (Å²) in [6.45, 7) is 4.49. The molecular weight excluding hydrogens is 248 g/mol. The third-order valence-electron chi connectivity index (χ3n) is 2.82. The predicted octanol–water partition coefficient (Wildman–Crippen LogP) is 1.97. The van der Waals surface area contributed by atoms with Crippen molar-refractivity contribution >= 4 is 33.3 Å². The van der Waals surface area contributed by atoms with Crippen LogP contribution in [0.2, 0.25) is 0 Å². The normalized spacial score (nSPS) is 12.4. The van der Waals surface area contributed by atoms with Gasteiger partial charge in [0.15, 0.2) is 0 Å². The molecular formula is C12H16N4OS. The highest BCUT2D eigenvalue weighted by Gasteiger charge is 2.17. The Labute approximate surface area is 110 Å². The quantitative estimate of drug-likeness (QED) is 0.917. The van der Waals surface area contributed by atoms with Crippen molar-refractivity contribution in [3.05, 3.63) is 17.8 Å². The number of amides is 1. The van der Waals surface area contributed by atoms with Gasteiger partial charge < -0.3 is 10.2 Å². The molecule has 0 saturated heterocycles. The predicted molar refractivity (Wildman–Crippen MR) is 73.8 cm³/mol. The van der Waals surface area contributed by atoms with E-state index in [0.29, 0.717) is 6.54 Å². The number of aromatic nitrogens is 2. The van der Waals surface area contributed by atoms with Crippen molar-refractivity contribution in [3.63, 3.8) is 0 Å². The minimum Gasteiger partial charge on any atom is -0.357 e. The molecule has 2 rings (SSSR count). The van der Waals surface area contributed by atoms with Gasteiger partial charge in [0, 0.05) is 13.6 Å². The molecule has 2 heterocycles. The fourth-order valence-electron chi connectivity index (χ4n) is 1.64. The molecule has 0 saturated carbocycles. The van der Waals surface area contributed by atoms with Crippen LogP contribution >= 0.6 is 11.3 Å². The summed E-state index contributed by atoms with van der Waals surface area (Å²) in [5.74, 6) is 0.779. The van der Waals surface area contributed by atoms with Crippen LogP contribution in [0, 0.1) is 0 Å². The van der Waals surface area contributed by atoms with E-state index < -0.39 is 0 Å². The highest BCUT2D eigenvalue weighted by atomic mass is 32.1. The number of hydrogen-bond acceptors (Lipinski definition) is 5. The molecule has 0 aliphatic heterocycles. The lowest BCUT2D eigenvalue weighted by molar-refractivity contribution is -0.130. The summed E-state index contributed by atoms with van der Waals surface area (Å²) in [5, 5.41) is 5.12. The minimum absolute atomic E-state index is 0.0563. The summed E-state index contributed by atoms with van der Waals surface area (Å²) in [6, 6.07) is 1.65. The molecule has 1 unspecified atom stereocenters. The van der Waals surface area contributed by atoms with Gasteiger partial charge in [0.25, 0.3) is 0 Å². The summed E-state index contributed by atoms with van der Waals surface area (Å²) in [4.78, 5) is 22.0. The molecule has 0 aromatic carbocycles. The smallest absolute Gasteiger partial charge is 0.244 e. The summed E-state index contributed by atoms with van der Waals surface area (Å²) in [6.07, 6.45) is 1.51. The van der Waals surface area contributed by atoms with Gasteiger partial charge in [0.05, 0.1) is 10.2 Å². The Morgan fingerprint density at radius 1 is 1.56 bits per heavy atom. The van der Waals surface area contributed by atoms with Gasteiger partial charge in [-0.05, 0) is 25.3 Å². The van der Waals surface area contributed by atoms with Gasteiger partial charge in [-0.1, -0.05) is 0 Å². The lowest BCUT2D eigenvalue weighted by Crippen LogP contribution is -2.39. The molecule has 0 aliphatic rings. The van der Waals surface area contributed by atoms with Crippen molar-refractivity contribution in [1.29, 1.82) is 0 Å². The second-order valence-electron chi connectivity index (χ2n) is 4.08. The van der Waals surface area contributed by atoms with E-state index in [0.717, 1.165) is 16.0 Å². The molecule has 96 valence electrons. The average Bonchev–Trinajstić information content (AvgIpc) is 2.86. The summed E-state index contributed by atoms with van der Waals surface area (Å²) >= 11 is 1.57. The van der Waals surface area contributed by atoms with Crippen molar-refractivity contribution in [2.75, 3.05) is 18.9 Å². The maximum absolute atomic E-state index is 12.0. The zero-order valence-electron chi connectivity index (χ0n) is 10.7. The van der Waals surface area contributed by atoms with Crippen LogP contribution in [0.1, 0.15) is 13.8 Å². The van der Waals surface area contributed by atoms with Gasteiger partial charge in [-0.25, -0.2) is 9.97 Å². The lowest BCUT2D eigenvalue weighted by Gasteiger charge is -2.20. The first kappa shape index (κ1) is 12.8. The van der Waals surface area contributed by atoms with Gasteiger partial charge in [0.1, 0.15) is 18.2 Å². The Balaban J connectivity index is 2.18. The highest BCUT2D eigenvalue weighted by molar-refractivity contribution is 7.17. The van der Waals surface area contributed by atoms with Crippen molar-refractivity contribution in [2.24, 2.45) is 0 Å². The Morgan fingerprint density at radius 3 is 3.06 bits per heavy atom. The molecule has 0 spiro atoms. The van der Waals surface area contributed by atoms with E-state index in [1.807, 2.05) is 25.3 Å². The minimum atomic E-state index is -0.296. The van der Waals surface area contributed by atoms with Crippen LogP contribution in [-0.4, -0.2) is 40.4 Å². The van der Waals surface area contributed by atoms with Gasteiger partial charge >= 0.3 is 0 Å². The molecule has 0 fully saturated rings. The van der Waals surface area contributed by atoms with Gasteiger partial charge in [-0.3, -0.25) is 4.79 Å². The summed E-state index contributed by atoms with van der Waals surface area (Å²) < 4.78 is 0.983. The van der Waals surface area contributed by atoms with Crippen molar-refractivity contribution in [3.8, 4) is 0 Å². The Morgan fingerprint density at radius 2 is 2.33 bits per heavy atom. The summed E-state index contributed by atoms with van der Waals surface area (Å²) in [7, 11) is 1.79. The molecule has 2 aromatic rings. The largest absolute Gasteiger partial charge is 0.357 e. The van der Waals surface area contributed by atoms with E-state index in [2.05, 4.69) is 15.3 Å². The standard InChI is InChI=1S/C12H16N4OS/c1-4-16(3)12(17)8(2)15-11-10-9(5-6-18-10)13-7-14-11/h5-8H,4H2,1-3H3,(H,13,14,15). The topological polar surface area (TPSA) is 58.1 Å². The fraction of sp³-hybridized carbons (Fsp3) is 0.417. The van der Waals surface area contributed by atoms with Crippen LogP contribution < -0.4 is 5.32 Å². The number of nitrogens with one attached hydrogen (secondary N) is 1. The molecule has 0 radical (unpaired) electrons. The van der Waals surface area contributed by atoms with E-state index >= 15 is 0 Å². The molecule has 1 atom stereocenters. The number of fused-ring (bicyclic) bond motifs is 1.